The lowest BCUT2D eigenvalue weighted by Gasteiger charge is -2.21. The number of amides is 1. The molecule has 0 bridgehead atoms. The fraction of sp³-hybridized carbons (Fsp3) is 0.167. The van der Waals surface area contributed by atoms with Gasteiger partial charge in [-0.1, -0.05) is 23.7 Å². The van der Waals surface area contributed by atoms with Crippen LogP contribution in [0.15, 0.2) is 73.3 Å². The van der Waals surface area contributed by atoms with Gasteiger partial charge in [0.05, 0.1) is 30.5 Å². The SMILES string of the molecule is COc1ccc(C(NC(=O)c2cc(Cl)c(-n3cccc3)cc2OC)c2nccn2C)cc1. The van der Waals surface area contributed by atoms with Crippen molar-refractivity contribution in [1.82, 2.24) is 19.4 Å². The molecule has 0 aliphatic heterocycles. The van der Waals surface area contributed by atoms with Gasteiger partial charge in [0.25, 0.3) is 5.91 Å². The van der Waals surface area contributed by atoms with E-state index in [0.29, 0.717) is 22.2 Å². The fourth-order valence-electron chi connectivity index (χ4n) is 3.54. The number of hydrogen-bond donors (Lipinski definition) is 1. The van der Waals surface area contributed by atoms with E-state index in [4.69, 9.17) is 21.1 Å². The Balaban J connectivity index is 1.70. The third kappa shape index (κ3) is 4.20. The van der Waals surface area contributed by atoms with Crippen molar-refractivity contribution in [3.8, 4) is 17.2 Å². The summed E-state index contributed by atoms with van der Waals surface area (Å²) in [5, 5.41) is 3.51. The molecule has 0 saturated carbocycles. The van der Waals surface area contributed by atoms with Gasteiger partial charge < -0.3 is 23.9 Å². The topological polar surface area (TPSA) is 70.3 Å². The maximum Gasteiger partial charge on any atom is 0.255 e. The Morgan fingerprint density at radius 1 is 1.06 bits per heavy atom. The second-order valence-electron chi connectivity index (χ2n) is 7.17. The molecular weight excluding hydrogens is 428 g/mol. The second-order valence-corrected chi connectivity index (χ2v) is 7.58. The molecule has 0 saturated heterocycles. The standard InChI is InChI=1S/C24H23ClN4O3/c1-28-13-10-26-23(28)22(16-6-8-17(31-2)9-7-16)27-24(30)18-14-19(25)20(15-21(18)32-3)29-11-4-5-12-29/h4-15,22H,1-3H3,(H,27,30). The van der Waals surface area contributed by atoms with Gasteiger partial charge in [-0.25, -0.2) is 4.98 Å². The molecule has 2 aromatic carbocycles. The highest BCUT2D eigenvalue weighted by atomic mass is 35.5. The number of nitrogens with zero attached hydrogens (tertiary/aromatic N) is 3. The number of hydrogen-bond acceptors (Lipinski definition) is 4. The van der Waals surface area contributed by atoms with Crippen LogP contribution in [0.2, 0.25) is 5.02 Å². The Morgan fingerprint density at radius 3 is 2.38 bits per heavy atom. The number of rotatable bonds is 7. The van der Waals surface area contributed by atoms with Crippen LogP contribution in [0.1, 0.15) is 27.8 Å². The average molecular weight is 451 g/mol. The van der Waals surface area contributed by atoms with Crippen LogP contribution >= 0.6 is 11.6 Å². The second kappa shape index (κ2) is 9.20. The fourth-order valence-corrected chi connectivity index (χ4v) is 3.80. The lowest BCUT2D eigenvalue weighted by atomic mass is 10.0. The van der Waals surface area contributed by atoms with Crippen LogP contribution in [0, 0.1) is 0 Å². The van der Waals surface area contributed by atoms with Crippen LogP contribution < -0.4 is 14.8 Å². The summed E-state index contributed by atoms with van der Waals surface area (Å²) in [6.07, 6.45) is 7.28. The van der Waals surface area contributed by atoms with Crippen LogP contribution in [0.25, 0.3) is 5.69 Å². The number of imidazole rings is 1. The van der Waals surface area contributed by atoms with Gasteiger partial charge in [-0.2, -0.15) is 0 Å². The molecular formula is C24H23ClN4O3. The summed E-state index contributed by atoms with van der Waals surface area (Å²) in [6.45, 7) is 0. The van der Waals surface area contributed by atoms with Crippen molar-refractivity contribution >= 4 is 17.5 Å². The van der Waals surface area contributed by atoms with Crippen molar-refractivity contribution in [2.24, 2.45) is 7.05 Å². The lowest BCUT2D eigenvalue weighted by Crippen LogP contribution is -2.31. The zero-order chi connectivity index (χ0) is 22.7. The molecule has 1 unspecified atom stereocenters. The summed E-state index contributed by atoms with van der Waals surface area (Å²) in [7, 11) is 5.02. The molecule has 1 atom stereocenters. The minimum absolute atomic E-state index is 0.327. The summed E-state index contributed by atoms with van der Waals surface area (Å²) in [6, 6.07) is 14.2. The van der Waals surface area contributed by atoms with E-state index in [1.165, 1.54) is 7.11 Å². The van der Waals surface area contributed by atoms with E-state index in [2.05, 4.69) is 10.3 Å². The quantitative estimate of drug-likeness (QED) is 0.453. The highest BCUT2D eigenvalue weighted by molar-refractivity contribution is 6.33. The summed E-state index contributed by atoms with van der Waals surface area (Å²) >= 11 is 6.52. The van der Waals surface area contributed by atoms with Gasteiger partial charge in [0.1, 0.15) is 23.4 Å². The molecule has 32 heavy (non-hydrogen) atoms. The van der Waals surface area contributed by atoms with Crippen LogP contribution in [0.4, 0.5) is 0 Å². The van der Waals surface area contributed by atoms with Crippen molar-refractivity contribution in [3.63, 3.8) is 0 Å². The van der Waals surface area contributed by atoms with Crippen molar-refractivity contribution < 1.29 is 14.3 Å². The molecule has 2 heterocycles. The first kappa shape index (κ1) is 21.5. The van der Waals surface area contributed by atoms with Gasteiger partial charge in [-0.3, -0.25) is 4.79 Å². The van der Waals surface area contributed by atoms with Gasteiger partial charge in [0.15, 0.2) is 0 Å². The van der Waals surface area contributed by atoms with Crippen LogP contribution in [0.3, 0.4) is 0 Å². The summed E-state index contributed by atoms with van der Waals surface area (Å²) in [4.78, 5) is 17.8. The Morgan fingerprint density at radius 2 is 1.78 bits per heavy atom. The molecule has 0 fully saturated rings. The zero-order valence-corrected chi connectivity index (χ0v) is 18.7. The van der Waals surface area contributed by atoms with Gasteiger partial charge in [-0.05, 0) is 35.9 Å². The van der Waals surface area contributed by atoms with Crippen molar-refractivity contribution in [1.29, 1.82) is 0 Å². The maximum atomic E-state index is 13.4. The van der Waals surface area contributed by atoms with E-state index < -0.39 is 6.04 Å². The Hall–Kier alpha value is -3.71. The van der Waals surface area contributed by atoms with Crippen LogP contribution in [0.5, 0.6) is 11.5 Å². The van der Waals surface area contributed by atoms with Crippen molar-refractivity contribution in [2.75, 3.05) is 14.2 Å². The molecule has 0 aliphatic rings. The first-order chi connectivity index (χ1) is 15.5. The van der Waals surface area contributed by atoms with Crippen molar-refractivity contribution in [3.05, 3.63) is 95.3 Å². The first-order valence-electron chi connectivity index (χ1n) is 9.94. The number of aryl methyl sites for hydroxylation is 1. The third-order valence-electron chi connectivity index (χ3n) is 5.24. The molecule has 0 aliphatic carbocycles. The zero-order valence-electron chi connectivity index (χ0n) is 17.9. The summed E-state index contributed by atoms with van der Waals surface area (Å²) < 4.78 is 14.5. The highest BCUT2D eigenvalue weighted by Gasteiger charge is 2.24. The minimum Gasteiger partial charge on any atom is -0.497 e. The molecule has 4 aromatic rings. The third-order valence-corrected chi connectivity index (χ3v) is 5.54. The highest BCUT2D eigenvalue weighted by Crippen LogP contribution is 2.31. The molecule has 0 spiro atoms. The Labute approximate surface area is 191 Å². The molecule has 1 N–H and O–H groups in total. The number of methoxy groups -OCH3 is 2. The van der Waals surface area contributed by atoms with E-state index in [1.807, 2.05) is 71.2 Å². The minimum atomic E-state index is -0.485. The number of carbonyl (C=O) groups excluding carboxylic acids is 1. The maximum absolute atomic E-state index is 13.4. The first-order valence-corrected chi connectivity index (χ1v) is 10.3. The van der Waals surface area contributed by atoms with Crippen LogP contribution in [-0.4, -0.2) is 34.2 Å². The van der Waals surface area contributed by atoms with Crippen molar-refractivity contribution in [2.45, 2.75) is 6.04 Å². The number of halogens is 1. The molecule has 4 rings (SSSR count). The van der Waals surface area contributed by atoms with Gasteiger partial charge in [0, 0.05) is 37.9 Å². The van der Waals surface area contributed by atoms with Gasteiger partial charge in [-0.15, -0.1) is 0 Å². The predicted molar refractivity (Wildman–Crippen MR) is 123 cm³/mol. The van der Waals surface area contributed by atoms with E-state index >= 15 is 0 Å². The number of nitrogens with one attached hydrogen (secondary N) is 1. The number of ether oxygens (including phenoxy) is 2. The molecule has 2 aromatic heterocycles. The normalized spacial score (nSPS) is 11.8. The number of benzene rings is 2. The van der Waals surface area contributed by atoms with E-state index in [9.17, 15) is 4.79 Å². The Bertz CT molecular complexity index is 1220. The molecule has 7 nitrogen and oxygen atoms in total. The molecule has 164 valence electrons. The van der Waals surface area contributed by atoms with E-state index in [1.54, 1.807) is 25.4 Å². The lowest BCUT2D eigenvalue weighted by molar-refractivity contribution is 0.0938. The van der Waals surface area contributed by atoms with E-state index in [0.717, 1.165) is 17.0 Å². The van der Waals surface area contributed by atoms with E-state index in [-0.39, 0.29) is 5.91 Å². The molecule has 1 amide bonds. The monoisotopic (exact) mass is 450 g/mol. The summed E-state index contributed by atoms with van der Waals surface area (Å²) in [5.41, 5.74) is 1.92. The molecule has 8 heteroatoms. The largest absolute Gasteiger partial charge is 0.497 e. The van der Waals surface area contributed by atoms with Crippen LogP contribution in [-0.2, 0) is 7.05 Å². The number of carbonyl (C=O) groups is 1. The molecule has 0 radical (unpaired) electrons. The summed E-state index contributed by atoms with van der Waals surface area (Å²) in [5.74, 6) is 1.51. The average Bonchev–Trinajstić information content (AvgIpc) is 3.49. The number of aromatic nitrogens is 3. The smallest absolute Gasteiger partial charge is 0.255 e. The van der Waals surface area contributed by atoms with Gasteiger partial charge >= 0.3 is 0 Å². The van der Waals surface area contributed by atoms with Gasteiger partial charge in [0.2, 0.25) is 0 Å². The predicted octanol–water partition coefficient (Wildman–Crippen LogP) is 4.40. The Kier molecular flexibility index (Phi) is 6.18.